The van der Waals surface area contributed by atoms with Crippen LogP contribution >= 0.6 is 0 Å². The standard InChI is InChI=1S/C14H18F2N2O3/c15-13(16)21-11-3-1-10(2-4-11)5-7-18-12(19)14(17)6-8-20-9-14/h1-4,13H,5-9,17H2,(H,18,19). The SMILES string of the molecule is NC1(C(=O)NCCc2ccc(OC(F)F)cc2)CCOC1. The first-order valence-electron chi connectivity index (χ1n) is 6.68. The molecule has 1 aliphatic heterocycles. The molecule has 3 N–H and O–H groups in total. The van der Waals surface area contributed by atoms with Crippen molar-refractivity contribution in [3.8, 4) is 5.75 Å². The van der Waals surface area contributed by atoms with Gasteiger partial charge in [0.05, 0.1) is 6.61 Å². The molecule has 0 aliphatic carbocycles. The fraction of sp³-hybridized carbons (Fsp3) is 0.500. The lowest BCUT2D eigenvalue weighted by molar-refractivity contribution is -0.126. The van der Waals surface area contributed by atoms with Gasteiger partial charge >= 0.3 is 6.61 Å². The van der Waals surface area contributed by atoms with Gasteiger partial charge in [0.15, 0.2) is 0 Å². The number of rotatable bonds is 6. The summed E-state index contributed by atoms with van der Waals surface area (Å²) in [5, 5.41) is 2.77. The normalized spacial score (nSPS) is 21.5. The second-order valence-electron chi connectivity index (χ2n) is 4.99. The first-order valence-corrected chi connectivity index (χ1v) is 6.68. The predicted molar refractivity (Wildman–Crippen MR) is 72.1 cm³/mol. The maximum atomic E-state index is 12.0. The number of amides is 1. The van der Waals surface area contributed by atoms with E-state index in [1.54, 1.807) is 12.1 Å². The van der Waals surface area contributed by atoms with E-state index in [2.05, 4.69) is 10.1 Å². The van der Waals surface area contributed by atoms with Gasteiger partial charge in [-0.15, -0.1) is 0 Å². The van der Waals surface area contributed by atoms with Gasteiger partial charge in [0, 0.05) is 13.2 Å². The van der Waals surface area contributed by atoms with Crippen LogP contribution in [0, 0.1) is 0 Å². The summed E-state index contributed by atoms with van der Waals surface area (Å²) in [6.07, 6.45) is 1.09. The van der Waals surface area contributed by atoms with E-state index in [1.165, 1.54) is 12.1 Å². The van der Waals surface area contributed by atoms with Crippen LogP contribution in [-0.4, -0.2) is 37.8 Å². The van der Waals surface area contributed by atoms with Gasteiger partial charge in [-0.05, 0) is 30.5 Å². The smallest absolute Gasteiger partial charge is 0.387 e. The molecule has 1 atom stereocenters. The molecule has 7 heteroatoms. The summed E-state index contributed by atoms with van der Waals surface area (Å²) < 4.78 is 33.4. The monoisotopic (exact) mass is 300 g/mol. The number of carbonyl (C=O) groups excluding carboxylic acids is 1. The van der Waals surface area contributed by atoms with Gasteiger partial charge in [-0.25, -0.2) is 0 Å². The van der Waals surface area contributed by atoms with Gasteiger partial charge in [0.2, 0.25) is 5.91 Å². The summed E-state index contributed by atoms with van der Waals surface area (Å²) >= 11 is 0. The lowest BCUT2D eigenvalue weighted by atomic mass is 9.99. The Morgan fingerprint density at radius 3 is 2.71 bits per heavy atom. The summed E-state index contributed by atoms with van der Waals surface area (Å²) in [6, 6.07) is 6.30. The Morgan fingerprint density at radius 1 is 1.43 bits per heavy atom. The van der Waals surface area contributed by atoms with Gasteiger partial charge in [0.25, 0.3) is 0 Å². The summed E-state index contributed by atoms with van der Waals surface area (Å²) in [5.41, 5.74) is 5.90. The Morgan fingerprint density at radius 2 is 2.14 bits per heavy atom. The second kappa shape index (κ2) is 6.82. The Bertz CT molecular complexity index is 474. The first-order chi connectivity index (χ1) is 9.99. The van der Waals surface area contributed by atoms with E-state index in [0.717, 1.165) is 5.56 Å². The molecule has 1 aromatic rings. The Hall–Kier alpha value is -1.73. The summed E-state index contributed by atoms with van der Waals surface area (Å²) in [5.74, 6) is -0.112. The lowest BCUT2D eigenvalue weighted by Crippen LogP contribution is -2.54. The van der Waals surface area contributed by atoms with E-state index in [9.17, 15) is 13.6 Å². The maximum Gasteiger partial charge on any atom is 0.387 e. The van der Waals surface area contributed by atoms with Crippen LogP contribution in [0.25, 0.3) is 0 Å². The van der Waals surface area contributed by atoms with E-state index < -0.39 is 12.2 Å². The molecular weight excluding hydrogens is 282 g/mol. The minimum absolute atomic E-state index is 0.113. The number of nitrogens with one attached hydrogen (secondary N) is 1. The number of benzene rings is 1. The van der Waals surface area contributed by atoms with Crippen molar-refractivity contribution < 1.29 is 23.0 Å². The van der Waals surface area contributed by atoms with Crippen LogP contribution in [0.5, 0.6) is 5.75 Å². The van der Waals surface area contributed by atoms with Crippen LogP contribution in [-0.2, 0) is 16.0 Å². The molecule has 0 radical (unpaired) electrons. The van der Waals surface area contributed by atoms with E-state index in [4.69, 9.17) is 10.5 Å². The topological polar surface area (TPSA) is 73.6 Å². The highest BCUT2D eigenvalue weighted by molar-refractivity contribution is 5.86. The average Bonchev–Trinajstić information content (AvgIpc) is 2.88. The number of nitrogens with two attached hydrogens (primary N) is 1. The largest absolute Gasteiger partial charge is 0.435 e. The molecule has 1 unspecified atom stereocenters. The molecular formula is C14H18F2N2O3. The van der Waals surface area contributed by atoms with Crippen molar-refractivity contribution in [3.63, 3.8) is 0 Å². The first kappa shape index (κ1) is 15.7. The zero-order valence-corrected chi connectivity index (χ0v) is 11.5. The fourth-order valence-corrected chi connectivity index (χ4v) is 2.09. The van der Waals surface area contributed by atoms with Gasteiger partial charge in [-0.3, -0.25) is 4.79 Å². The van der Waals surface area contributed by atoms with Gasteiger partial charge in [-0.2, -0.15) is 8.78 Å². The van der Waals surface area contributed by atoms with Crippen molar-refractivity contribution in [2.24, 2.45) is 5.73 Å². The fourth-order valence-electron chi connectivity index (χ4n) is 2.09. The molecule has 116 valence electrons. The maximum absolute atomic E-state index is 12.0. The predicted octanol–water partition coefficient (Wildman–Crippen LogP) is 1.06. The van der Waals surface area contributed by atoms with Crippen LogP contribution in [0.2, 0.25) is 0 Å². The van der Waals surface area contributed by atoms with E-state index in [-0.39, 0.29) is 18.3 Å². The zero-order chi connectivity index (χ0) is 15.3. The minimum Gasteiger partial charge on any atom is -0.435 e. The molecule has 21 heavy (non-hydrogen) atoms. The zero-order valence-electron chi connectivity index (χ0n) is 11.5. The van der Waals surface area contributed by atoms with Crippen molar-refractivity contribution >= 4 is 5.91 Å². The third kappa shape index (κ3) is 4.37. The lowest BCUT2D eigenvalue weighted by Gasteiger charge is -2.20. The van der Waals surface area contributed by atoms with Crippen LogP contribution < -0.4 is 15.8 Å². The number of ether oxygens (including phenoxy) is 2. The third-order valence-electron chi connectivity index (χ3n) is 3.35. The number of hydrogen-bond acceptors (Lipinski definition) is 4. The molecule has 2 rings (SSSR count). The highest BCUT2D eigenvalue weighted by atomic mass is 19.3. The highest BCUT2D eigenvalue weighted by Gasteiger charge is 2.37. The van der Waals surface area contributed by atoms with Gasteiger partial charge < -0.3 is 20.5 Å². The molecule has 5 nitrogen and oxygen atoms in total. The van der Waals surface area contributed by atoms with E-state index in [1.807, 2.05) is 0 Å². The van der Waals surface area contributed by atoms with Gasteiger partial charge in [0.1, 0.15) is 11.3 Å². The number of carbonyl (C=O) groups is 1. The van der Waals surface area contributed by atoms with Crippen molar-refractivity contribution in [1.82, 2.24) is 5.32 Å². The molecule has 0 bridgehead atoms. The van der Waals surface area contributed by atoms with Crippen LogP contribution in [0.3, 0.4) is 0 Å². The van der Waals surface area contributed by atoms with Crippen molar-refractivity contribution in [2.75, 3.05) is 19.8 Å². The van der Waals surface area contributed by atoms with Crippen molar-refractivity contribution in [1.29, 1.82) is 0 Å². The molecule has 0 aromatic heterocycles. The quantitative estimate of drug-likeness (QED) is 0.824. The Labute approximate surface area is 121 Å². The summed E-state index contributed by atoms with van der Waals surface area (Å²) in [7, 11) is 0. The molecule has 1 amide bonds. The molecule has 1 aromatic carbocycles. The van der Waals surface area contributed by atoms with Crippen LogP contribution in [0.1, 0.15) is 12.0 Å². The molecule has 0 spiro atoms. The van der Waals surface area contributed by atoms with E-state index >= 15 is 0 Å². The van der Waals surface area contributed by atoms with Crippen molar-refractivity contribution in [2.45, 2.75) is 25.0 Å². The van der Waals surface area contributed by atoms with Crippen LogP contribution in [0.4, 0.5) is 8.78 Å². The third-order valence-corrected chi connectivity index (χ3v) is 3.35. The molecule has 0 saturated carbocycles. The number of halogens is 2. The highest BCUT2D eigenvalue weighted by Crippen LogP contribution is 2.16. The number of hydrogen-bond donors (Lipinski definition) is 2. The Kier molecular flexibility index (Phi) is 5.08. The molecule has 1 saturated heterocycles. The number of alkyl halides is 2. The second-order valence-corrected chi connectivity index (χ2v) is 4.99. The van der Waals surface area contributed by atoms with E-state index in [0.29, 0.717) is 26.0 Å². The Balaban J connectivity index is 1.77. The molecule has 1 aliphatic rings. The summed E-state index contributed by atoms with van der Waals surface area (Å²) in [6.45, 7) is -1.68. The molecule has 1 heterocycles. The average molecular weight is 300 g/mol. The van der Waals surface area contributed by atoms with Crippen LogP contribution in [0.15, 0.2) is 24.3 Å². The van der Waals surface area contributed by atoms with Gasteiger partial charge in [-0.1, -0.05) is 12.1 Å². The van der Waals surface area contributed by atoms with Crippen molar-refractivity contribution in [3.05, 3.63) is 29.8 Å². The molecule has 1 fully saturated rings. The minimum atomic E-state index is -2.83. The summed E-state index contributed by atoms with van der Waals surface area (Å²) in [4.78, 5) is 11.9.